The van der Waals surface area contributed by atoms with Gasteiger partial charge in [-0.15, -0.1) is 11.6 Å². The highest BCUT2D eigenvalue weighted by molar-refractivity contribution is 6.18. The SMILES string of the molecule is O=C(O)N1C[C@H](C(O)CCl)OC1=O. The maximum atomic E-state index is 10.8. The third kappa shape index (κ3) is 2.02. The van der Waals surface area contributed by atoms with E-state index in [1.807, 2.05) is 0 Å². The van der Waals surface area contributed by atoms with Crippen LogP contribution < -0.4 is 0 Å². The van der Waals surface area contributed by atoms with Gasteiger partial charge in [0, 0.05) is 0 Å². The molecule has 0 bridgehead atoms. The third-order valence-corrected chi connectivity index (χ3v) is 1.97. The van der Waals surface area contributed by atoms with Gasteiger partial charge in [0.25, 0.3) is 0 Å². The van der Waals surface area contributed by atoms with E-state index in [-0.39, 0.29) is 12.4 Å². The molecule has 2 N–H and O–H groups in total. The average molecular weight is 210 g/mol. The van der Waals surface area contributed by atoms with Gasteiger partial charge in [0.15, 0.2) is 0 Å². The molecule has 1 rings (SSSR count). The summed E-state index contributed by atoms with van der Waals surface area (Å²) < 4.78 is 4.56. The second-order valence-electron chi connectivity index (χ2n) is 2.54. The molecule has 0 saturated carbocycles. The number of carbonyl (C=O) groups excluding carboxylic acids is 1. The molecule has 0 aliphatic carbocycles. The second kappa shape index (κ2) is 3.80. The van der Waals surface area contributed by atoms with Crippen LogP contribution in [-0.4, -0.2) is 51.9 Å². The number of halogens is 1. The van der Waals surface area contributed by atoms with E-state index >= 15 is 0 Å². The first kappa shape index (κ1) is 10.1. The van der Waals surface area contributed by atoms with Crippen LogP contribution in [0.3, 0.4) is 0 Å². The Kier molecular flexibility index (Phi) is 2.94. The molecule has 1 unspecified atom stereocenters. The van der Waals surface area contributed by atoms with E-state index in [0.29, 0.717) is 4.90 Å². The Morgan fingerprint density at radius 1 is 1.85 bits per heavy atom. The lowest BCUT2D eigenvalue weighted by Gasteiger charge is -2.11. The molecule has 0 aromatic carbocycles. The zero-order chi connectivity index (χ0) is 10.0. The quantitative estimate of drug-likeness (QED) is 0.629. The van der Waals surface area contributed by atoms with E-state index in [1.165, 1.54) is 0 Å². The van der Waals surface area contributed by atoms with Gasteiger partial charge in [0.2, 0.25) is 0 Å². The van der Waals surface area contributed by atoms with Gasteiger partial charge in [-0.2, -0.15) is 0 Å². The highest BCUT2D eigenvalue weighted by atomic mass is 35.5. The van der Waals surface area contributed by atoms with E-state index in [4.69, 9.17) is 21.8 Å². The highest BCUT2D eigenvalue weighted by Crippen LogP contribution is 2.15. The first-order chi connectivity index (χ1) is 6.06. The standard InChI is InChI=1S/C6H8ClNO5/c7-1-3(9)4-2-8(5(10)11)6(12)13-4/h3-4,9H,1-2H2,(H,10,11)/t3?,4-/m1/s1. The van der Waals surface area contributed by atoms with Gasteiger partial charge in [-0.25, -0.2) is 14.5 Å². The van der Waals surface area contributed by atoms with Gasteiger partial charge in [0.1, 0.15) is 12.2 Å². The van der Waals surface area contributed by atoms with Crippen LogP contribution in [0.4, 0.5) is 9.59 Å². The molecule has 1 saturated heterocycles. The maximum Gasteiger partial charge on any atom is 0.419 e. The zero-order valence-corrected chi connectivity index (χ0v) is 7.27. The first-order valence-electron chi connectivity index (χ1n) is 3.51. The average Bonchev–Trinajstić information content (AvgIpc) is 2.46. The molecule has 7 heteroatoms. The number of alkyl halides is 1. The summed E-state index contributed by atoms with van der Waals surface area (Å²) in [4.78, 5) is 21.7. The highest BCUT2D eigenvalue weighted by Gasteiger charge is 2.39. The summed E-state index contributed by atoms with van der Waals surface area (Å²) in [5.41, 5.74) is 0. The molecular formula is C6H8ClNO5. The van der Waals surface area contributed by atoms with Gasteiger partial charge in [0.05, 0.1) is 12.4 Å². The first-order valence-corrected chi connectivity index (χ1v) is 4.04. The monoisotopic (exact) mass is 209 g/mol. The van der Waals surface area contributed by atoms with Gasteiger partial charge >= 0.3 is 12.2 Å². The minimum absolute atomic E-state index is 0.106. The smallest absolute Gasteiger partial charge is 0.419 e. The lowest BCUT2D eigenvalue weighted by molar-refractivity contribution is 0.0456. The van der Waals surface area contributed by atoms with Gasteiger partial charge < -0.3 is 14.9 Å². The molecule has 74 valence electrons. The fraction of sp³-hybridized carbons (Fsp3) is 0.667. The van der Waals surface area contributed by atoms with Crippen molar-refractivity contribution < 1.29 is 24.5 Å². The molecule has 1 fully saturated rings. The molecule has 6 nitrogen and oxygen atoms in total. The summed E-state index contributed by atoms with van der Waals surface area (Å²) in [7, 11) is 0. The lowest BCUT2D eigenvalue weighted by atomic mass is 10.2. The van der Waals surface area contributed by atoms with Crippen molar-refractivity contribution in [2.45, 2.75) is 12.2 Å². The van der Waals surface area contributed by atoms with Crippen molar-refractivity contribution in [2.75, 3.05) is 12.4 Å². The number of cyclic esters (lactones) is 1. The largest absolute Gasteiger partial charge is 0.465 e. The maximum absolute atomic E-state index is 10.8. The minimum Gasteiger partial charge on any atom is -0.465 e. The summed E-state index contributed by atoms with van der Waals surface area (Å²) in [5, 5.41) is 17.6. The second-order valence-corrected chi connectivity index (χ2v) is 2.85. The molecule has 0 radical (unpaired) electrons. The Balaban J connectivity index is 2.60. The summed E-state index contributed by atoms with van der Waals surface area (Å²) in [5.74, 6) is -0.106. The van der Waals surface area contributed by atoms with Crippen molar-refractivity contribution >= 4 is 23.8 Å². The van der Waals surface area contributed by atoms with Crippen molar-refractivity contribution in [1.82, 2.24) is 4.90 Å². The molecule has 0 aromatic rings. The molecular weight excluding hydrogens is 202 g/mol. The van der Waals surface area contributed by atoms with Crippen molar-refractivity contribution in [1.29, 1.82) is 0 Å². The fourth-order valence-corrected chi connectivity index (χ4v) is 1.14. The predicted octanol–water partition coefficient (Wildman–Crippen LogP) is 0.0849. The number of nitrogens with zero attached hydrogens (tertiary/aromatic N) is 1. The fourth-order valence-electron chi connectivity index (χ4n) is 0.941. The summed E-state index contributed by atoms with van der Waals surface area (Å²) in [6.07, 6.45) is -4.26. The molecule has 13 heavy (non-hydrogen) atoms. The van der Waals surface area contributed by atoms with Crippen LogP contribution in [0.2, 0.25) is 0 Å². The normalized spacial score (nSPS) is 24.3. The van der Waals surface area contributed by atoms with Crippen molar-refractivity contribution in [3.8, 4) is 0 Å². The molecule has 1 aliphatic heterocycles. The van der Waals surface area contributed by atoms with E-state index in [9.17, 15) is 9.59 Å². The van der Waals surface area contributed by atoms with Gasteiger partial charge in [-0.05, 0) is 0 Å². The summed E-state index contributed by atoms with van der Waals surface area (Å²) in [6, 6.07) is 0. The van der Waals surface area contributed by atoms with Crippen LogP contribution >= 0.6 is 11.6 Å². The molecule has 0 aromatic heterocycles. The topological polar surface area (TPSA) is 87.1 Å². The van der Waals surface area contributed by atoms with E-state index in [0.717, 1.165) is 0 Å². The number of carboxylic acid groups (broad SMARTS) is 1. The van der Waals surface area contributed by atoms with Crippen LogP contribution in [0.1, 0.15) is 0 Å². The van der Waals surface area contributed by atoms with Gasteiger partial charge in [-0.1, -0.05) is 0 Å². The number of imide groups is 1. The number of aliphatic hydroxyl groups excluding tert-OH is 1. The predicted molar refractivity (Wildman–Crippen MR) is 41.7 cm³/mol. The Morgan fingerprint density at radius 3 is 2.85 bits per heavy atom. The van der Waals surface area contributed by atoms with E-state index in [1.54, 1.807) is 0 Å². The van der Waals surface area contributed by atoms with Gasteiger partial charge in [-0.3, -0.25) is 0 Å². The van der Waals surface area contributed by atoms with Crippen molar-refractivity contribution in [3.63, 3.8) is 0 Å². The number of carbonyl (C=O) groups is 2. The Bertz CT molecular complexity index is 233. The van der Waals surface area contributed by atoms with Crippen molar-refractivity contribution in [2.24, 2.45) is 0 Å². The zero-order valence-electron chi connectivity index (χ0n) is 6.51. The Morgan fingerprint density at radius 2 is 2.46 bits per heavy atom. The Hall–Kier alpha value is -1.01. The molecule has 1 heterocycles. The van der Waals surface area contributed by atoms with Crippen LogP contribution in [-0.2, 0) is 4.74 Å². The van der Waals surface area contributed by atoms with E-state index in [2.05, 4.69) is 4.74 Å². The number of aliphatic hydroxyl groups is 1. The minimum atomic E-state index is -1.39. The lowest BCUT2D eigenvalue weighted by Crippen LogP contribution is -2.34. The number of rotatable bonds is 2. The number of hydrogen-bond donors (Lipinski definition) is 2. The van der Waals surface area contributed by atoms with Crippen molar-refractivity contribution in [3.05, 3.63) is 0 Å². The van der Waals surface area contributed by atoms with Crippen LogP contribution in [0.15, 0.2) is 0 Å². The van der Waals surface area contributed by atoms with Crippen LogP contribution in [0, 0.1) is 0 Å². The summed E-state index contributed by atoms with van der Waals surface area (Å²) >= 11 is 5.30. The van der Waals surface area contributed by atoms with E-state index < -0.39 is 24.4 Å². The molecule has 2 atom stereocenters. The molecule has 0 spiro atoms. The number of amides is 2. The third-order valence-electron chi connectivity index (χ3n) is 1.65. The Labute approximate surface area is 78.6 Å². The number of hydrogen-bond acceptors (Lipinski definition) is 4. The summed E-state index contributed by atoms with van der Waals surface area (Å²) in [6.45, 7) is -0.179. The number of ether oxygens (including phenoxy) is 1. The van der Waals surface area contributed by atoms with Crippen LogP contribution in [0.25, 0.3) is 0 Å². The molecule has 2 amide bonds. The molecule has 1 aliphatic rings. The van der Waals surface area contributed by atoms with Crippen LogP contribution in [0.5, 0.6) is 0 Å².